The minimum atomic E-state index is -0.440. The van der Waals surface area contributed by atoms with Gasteiger partial charge in [-0.3, -0.25) is 10.2 Å². The first kappa shape index (κ1) is 14.3. The van der Waals surface area contributed by atoms with Gasteiger partial charge in [0.2, 0.25) is 0 Å². The van der Waals surface area contributed by atoms with Crippen LogP contribution in [-0.4, -0.2) is 5.91 Å². The summed E-state index contributed by atoms with van der Waals surface area (Å²) in [5.74, 6) is 4.61. The van der Waals surface area contributed by atoms with Gasteiger partial charge in [0.15, 0.2) is 0 Å². The summed E-state index contributed by atoms with van der Waals surface area (Å²) in [7, 11) is 0. The molecule has 0 heterocycles. The number of hydrogen-bond acceptors (Lipinski definition) is 3. The molecular weight excluding hydrogens is 283 g/mol. The van der Waals surface area contributed by atoms with Gasteiger partial charge in [0.05, 0.1) is 5.02 Å². The first-order valence-corrected chi connectivity index (χ1v) is 6.16. The Labute approximate surface area is 120 Å². The van der Waals surface area contributed by atoms with Crippen molar-refractivity contribution in [3.05, 3.63) is 64.4 Å². The SMILES string of the molecule is NNC(=O)c1ccccc1COc1ccc(F)cc1Cl. The molecule has 0 radical (unpaired) electrons. The number of carbonyl (C=O) groups is 1. The topological polar surface area (TPSA) is 64.3 Å². The number of hydrazine groups is 1. The molecule has 0 saturated heterocycles. The maximum absolute atomic E-state index is 12.9. The largest absolute Gasteiger partial charge is 0.487 e. The standard InChI is InChI=1S/C14H12ClFN2O2/c15-12-7-10(16)5-6-13(12)20-8-9-3-1-2-4-11(9)14(19)18-17/h1-7H,8,17H2,(H,18,19). The van der Waals surface area contributed by atoms with E-state index in [1.165, 1.54) is 12.1 Å². The number of nitrogens with two attached hydrogens (primary N) is 1. The first-order chi connectivity index (χ1) is 9.61. The van der Waals surface area contributed by atoms with Crippen LogP contribution >= 0.6 is 11.6 Å². The third-order valence-corrected chi connectivity index (χ3v) is 2.97. The maximum atomic E-state index is 12.9. The van der Waals surface area contributed by atoms with Crippen LogP contribution in [0.4, 0.5) is 4.39 Å². The molecule has 0 aliphatic heterocycles. The highest BCUT2D eigenvalue weighted by molar-refractivity contribution is 6.32. The smallest absolute Gasteiger partial charge is 0.265 e. The van der Waals surface area contributed by atoms with E-state index in [0.717, 1.165) is 6.07 Å². The van der Waals surface area contributed by atoms with Crippen LogP contribution in [0.1, 0.15) is 15.9 Å². The van der Waals surface area contributed by atoms with Crippen LogP contribution < -0.4 is 16.0 Å². The van der Waals surface area contributed by atoms with Crippen molar-refractivity contribution >= 4 is 17.5 Å². The Hall–Kier alpha value is -2.11. The molecule has 0 aliphatic rings. The highest BCUT2D eigenvalue weighted by Crippen LogP contribution is 2.26. The number of benzene rings is 2. The van der Waals surface area contributed by atoms with Crippen molar-refractivity contribution in [3.8, 4) is 5.75 Å². The lowest BCUT2D eigenvalue weighted by atomic mass is 10.1. The summed E-state index contributed by atoms with van der Waals surface area (Å²) in [4.78, 5) is 11.6. The lowest BCUT2D eigenvalue weighted by Gasteiger charge is -2.11. The van der Waals surface area contributed by atoms with Gasteiger partial charge in [0.1, 0.15) is 18.2 Å². The van der Waals surface area contributed by atoms with Crippen LogP contribution in [0.25, 0.3) is 0 Å². The van der Waals surface area contributed by atoms with Crippen molar-refractivity contribution in [1.82, 2.24) is 5.43 Å². The van der Waals surface area contributed by atoms with E-state index in [9.17, 15) is 9.18 Å². The van der Waals surface area contributed by atoms with E-state index in [1.54, 1.807) is 24.3 Å². The second kappa shape index (κ2) is 6.36. The van der Waals surface area contributed by atoms with E-state index < -0.39 is 11.7 Å². The summed E-state index contributed by atoms with van der Waals surface area (Å²) in [6.07, 6.45) is 0. The van der Waals surface area contributed by atoms with Crippen LogP contribution in [0.3, 0.4) is 0 Å². The van der Waals surface area contributed by atoms with Gasteiger partial charge in [-0.1, -0.05) is 29.8 Å². The Bertz CT molecular complexity index is 634. The molecule has 2 aromatic rings. The minimum Gasteiger partial charge on any atom is -0.487 e. The van der Waals surface area contributed by atoms with Crippen LogP contribution in [0.15, 0.2) is 42.5 Å². The molecule has 3 N–H and O–H groups in total. The number of nitrogens with one attached hydrogen (secondary N) is 1. The molecule has 4 nitrogen and oxygen atoms in total. The van der Waals surface area contributed by atoms with Crippen molar-refractivity contribution in [3.63, 3.8) is 0 Å². The molecule has 104 valence electrons. The predicted octanol–water partition coefficient (Wildman–Crippen LogP) is 2.66. The molecule has 0 fully saturated rings. The molecule has 0 aromatic heterocycles. The van der Waals surface area contributed by atoms with Crippen molar-refractivity contribution in [2.75, 3.05) is 0 Å². The average molecular weight is 295 g/mol. The zero-order chi connectivity index (χ0) is 14.5. The lowest BCUT2D eigenvalue weighted by Crippen LogP contribution is -2.30. The molecule has 20 heavy (non-hydrogen) atoms. The van der Waals surface area contributed by atoms with Crippen molar-refractivity contribution in [1.29, 1.82) is 0 Å². The summed E-state index contributed by atoms with van der Waals surface area (Å²) in [5, 5.41) is 0.172. The second-order valence-corrected chi connectivity index (χ2v) is 4.40. The van der Waals surface area contributed by atoms with Crippen molar-refractivity contribution < 1.29 is 13.9 Å². The number of rotatable bonds is 4. The average Bonchev–Trinajstić information content (AvgIpc) is 2.46. The fourth-order valence-corrected chi connectivity index (χ4v) is 1.91. The molecule has 0 aliphatic carbocycles. The Morgan fingerprint density at radius 3 is 2.75 bits per heavy atom. The molecule has 1 amide bonds. The van der Waals surface area contributed by atoms with Crippen LogP contribution in [0, 0.1) is 5.82 Å². The third-order valence-electron chi connectivity index (χ3n) is 2.67. The van der Waals surface area contributed by atoms with Gasteiger partial charge in [-0.05, 0) is 24.3 Å². The monoisotopic (exact) mass is 294 g/mol. The van der Waals surface area contributed by atoms with Gasteiger partial charge in [-0.2, -0.15) is 0 Å². The molecule has 0 unspecified atom stereocenters. The number of hydrogen-bond donors (Lipinski definition) is 2. The molecular formula is C14H12ClFN2O2. The summed E-state index contributed by atoms with van der Waals surface area (Å²) in [6.45, 7) is 0.120. The summed E-state index contributed by atoms with van der Waals surface area (Å²) >= 11 is 5.86. The number of nitrogen functional groups attached to an aromatic ring is 1. The zero-order valence-corrected chi connectivity index (χ0v) is 11.2. The first-order valence-electron chi connectivity index (χ1n) is 5.78. The fraction of sp³-hybridized carbons (Fsp3) is 0.0714. The van der Waals surface area contributed by atoms with E-state index in [4.69, 9.17) is 22.2 Å². The molecule has 0 atom stereocenters. The van der Waals surface area contributed by atoms with Gasteiger partial charge < -0.3 is 4.74 Å². The van der Waals surface area contributed by atoms with E-state index in [2.05, 4.69) is 5.43 Å². The Kier molecular flexibility index (Phi) is 4.55. The van der Waals surface area contributed by atoms with Gasteiger partial charge in [0.25, 0.3) is 5.91 Å². The van der Waals surface area contributed by atoms with Crippen LogP contribution in [0.2, 0.25) is 5.02 Å². The number of amides is 1. The van der Waals surface area contributed by atoms with Crippen LogP contribution in [-0.2, 0) is 6.61 Å². The lowest BCUT2D eigenvalue weighted by molar-refractivity contribution is 0.0951. The summed E-state index contributed by atoms with van der Waals surface area (Å²) in [6, 6.07) is 10.7. The predicted molar refractivity (Wildman–Crippen MR) is 73.8 cm³/mol. The normalized spacial score (nSPS) is 10.2. The Morgan fingerprint density at radius 1 is 1.30 bits per heavy atom. The molecule has 0 saturated carbocycles. The van der Waals surface area contributed by atoms with E-state index >= 15 is 0 Å². The van der Waals surface area contributed by atoms with Gasteiger partial charge in [-0.15, -0.1) is 0 Å². The van der Waals surface area contributed by atoms with Crippen molar-refractivity contribution in [2.45, 2.75) is 6.61 Å². The molecule has 2 rings (SSSR count). The van der Waals surface area contributed by atoms with Gasteiger partial charge in [0, 0.05) is 11.1 Å². The molecule has 2 aromatic carbocycles. The maximum Gasteiger partial charge on any atom is 0.265 e. The number of carbonyl (C=O) groups excluding carboxylic acids is 1. The number of ether oxygens (including phenoxy) is 1. The van der Waals surface area contributed by atoms with E-state index in [1.807, 2.05) is 0 Å². The Balaban J connectivity index is 2.17. The number of halogens is 2. The Morgan fingerprint density at radius 2 is 2.05 bits per heavy atom. The molecule has 0 bridgehead atoms. The third kappa shape index (κ3) is 3.26. The molecule has 6 heteroatoms. The highest BCUT2D eigenvalue weighted by Gasteiger charge is 2.10. The zero-order valence-electron chi connectivity index (χ0n) is 10.4. The highest BCUT2D eigenvalue weighted by atomic mass is 35.5. The minimum absolute atomic E-state index is 0.120. The fourth-order valence-electron chi connectivity index (χ4n) is 1.69. The van der Waals surface area contributed by atoms with Crippen LogP contribution in [0.5, 0.6) is 5.75 Å². The van der Waals surface area contributed by atoms with Gasteiger partial charge in [-0.25, -0.2) is 10.2 Å². The van der Waals surface area contributed by atoms with E-state index in [0.29, 0.717) is 16.9 Å². The summed E-state index contributed by atoms with van der Waals surface area (Å²) < 4.78 is 18.4. The molecule has 0 spiro atoms. The van der Waals surface area contributed by atoms with E-state index in [-0.39, 0.29) is 11.6 Å². The van der Waals surface area contributed by atoms with Gasteiger partial charge >= 0.3 is 0 Å². The quantitative estimate of drug-likeness (QED) is 0.518. The second-order valence-electron chi connectivity index (χ2n) is 3.99. The summed E-state index contributed by atoms with van der Waals surface area (Å²) in [5.41, 5.74) is 3.13. The van der Waals surface area contributed by atoms with Crippen molar-refractivity contribution in [2.24, 2.45) is 5.84 Å².